The summed E-state index contributed by atoms with van der Waals surface area (Å²) >= 11 is 0. The van der Waals surface area contributed by atoms with Crippen LogP contribution in [0.25, 0.3) is 0 Å². The Morgan fingerprint density at radius 2 is 0.962 bits per heavy atom. The second-order valence-corrected chi connectivity index (χ2v) is 22.4. The lowest BCUT2D eigenvalue weighted by Crippen LogP contribution is -2.32. The van der Waals surface area contributed by atoms with Crippen molar-refractivity contribution in [1.29, 1.82) is 0 Å². The largest absolute Gasteiger partial charge is 0.496 e. The molecule has 0 aliphatic carbocycles. The number of fused-ring (bicyclic) bond motifs is 1. The number of hydrogen-bond donors (Lipinski definition) is 0. The molecular weight excluding hydrogens is 989 g/mol. The number of methoxy groups -OCH3 is 2. The molecule has 2 rings (SSSR count). The van der Waals surface area contributed by atoms with Crippen LogP contribution in [0.1, 0.15) is 293 Å². The maximum atomic E-state index is 13.6. The standard InChI is InChI=1S/C65H108O13/c1-9-11-13-15-17-19-21-23-25-27-29-31-37-41-58(67)74-47-54(48-75-59(68)42-38-32-30-28-26-24-22-20-18-16-14-12-10-2)77-63(69)51(4)39-35-33-34-36-40-52(5)64(70)78-62-55(45-43-50(3)44-46-57(66)72-7)61(73-8)53(6)56-49-76-65(71)60(56)62/h43,51-52,54H,9-42,44-49H2,1-8H3/b50-43+. The number of carbonyl (C=O) groups is 6. The van der Waals surface area contributed by atoms with Crippen molar-refractivity contribution in [2.75, 3.05) is 27.4 Å². The van der Waals surface area contributed by atoms with E-state index >= 15 is 0 Å². The van der Waals surface area contributed by atoms with Crippen LogP contribution in [-0.4, -0.2) is 69.4 Å². The summed E-state index contributed by atoms with van der Waals surface area (Å²) in [6.07, 6.45) is 38.6. The molecule has 2 unspecified atom stereocenters. The molecule has 1 aliphatic heterocycles. The third kappa shape index (κ3) is 30.8. The van der Waals surface area contributed by atoms with Gasteiger partial charge >= 0.3 is 35.8 Å². The third-order valence-electron chi connectivity index (χ3n) is 15.4. The van der Waals surface area contributed by atoms with Crippen molar-refractivity contribution >= 4 is 35.8 Å². The second-order valence-electron chi connectivity index (χ2n) is 22.4. The van der Waals surface area contributed by atoms with Crippen molar-refractivity contribution < 1.29 is 61.9 Å². The van der Waals surface area contributed by atoms with E-state index in [1.165, 1.54) is 136 Å². The summed E-state index contributed by atoms with van der Waals surface area (Å²) in [5, 5.41) is 0. The Labute approximate surface area is 472 Å². The van der Waals surface area contributed by atoms with Crippen molar-refractivity contribution in [2.45, 2.75) is 292 Å². The van der Waals surface area contributed by atoms with Crippen LogP contribution < -0.4 is 9.47 Å². The molecule has 2 atom stereocenters. The van der Waals surface area contributed by atoms with Crippen molar-refractivity contribution in [3.05, 3.63) is 33.9 Å². The van der Waals surface area contributed by atoms with Gasteiger partial charge in [-0.15, -0.1) is 0 Å². The first-order chi connectivity index (χ1) is 37.8. The number of rotatable bonds is 49. The van der Waals surface area contributed by atoms with Gasteiger partial charge in [0.05, 0.1) is 26.1 Å². The van der Waals surface area contributed by atoms with Crippen LogP contribution in [0.2, 0.25) is 0 Å². The van der Waals surface area contributed by atoms with Crippen molar-refractivity contribution in [3.63, 3.8) is 0 Å². The van der Waals surface area contributed by atoms with Gasteiger partial charge < -0.3 is 33.2 Å². The number of esters is 6. The highest BCUT2D eigenvalue weighted by atomic mass is 16.6. The van der Waals surface area contributed by atoms with Gasteiger partial charge in [-0.1, -0.05) is 219 Å². The number of unbranched alkanes of at least 4 members (excludes halogenated alkanes) is 27. The highest BCUT2D eigenvalue weighted by molar-refractivity contribution is 5.99. The fourth-order valence-corrected chi connectivity index (χ4v) is 10.1. The smallest absolute Gasteiger partial charge is 0.342 e. The van der Waals surface area contributed by atoms with Gasteiger partial charge in [-0.3, -0.25) is 24.0 Å². The maximum absolute atomic E-state index is 13.6. The molecular formula is C65H108O13. The van der Waals surface area contributed by atoms with Gasteiger partial charge in [0.1, 0.15) is 31.1 Å². The molecule has 0 saturated heterocycles. The predicted octanol–water partition coefficient (Wildman–Crippen LogP) is 16.6. The van der Waals surface area contributed by atoms with Gasteiger partial charge in [0.25, 0.3) is 0 Å². The Bertz CT molecular complexity index is 1840. The van der Waals surface area contributed by atoms with Crippen molar-refractivity contribution in [2.24, 2.45) is 11.8 Å². The summed E-state index contributed by atoms with van der Waals surface area (Å²) in [5.41, 5.74) is 3.12. The van der Waals surface area contributed by atoms with Crippen LogP contribution in [-0.2, 0) is 60.7 Å². The van der Waals surface area contributed by atoms with Gasteiger partial charge in [-0.05, 0) is 57.9 Å². The Morgan fingerprint density at radius 1 is 0.538 bits per heavy atom. The van der Waals surface area contributed by atoms with E-state index in [2.05, 4.69) is 13.8 Å². The van der Waals surface area contributed by atoms with E-state index < -0.39 is 35.8 Å². The van der Waals surface area contributed by atoms with Crippen LogP contribution in [0, 0.1) is 18.8 Å². The number of cyclic esters (lactones) is 1. The van der Waals surface area contributed by atoms with E-state index in [0.29, 0.717) is 55.4 Å². The number of hydrogen-bond acceptors (Lipinski definition) is 13. The zero-order valence-corrected chi connectivity index (χ0v) is 50.4. The Hall–Kier alpha value is -4.42. The molecule has 0 N–H and O–H groups in total. The average molecular weight is 1100 g/mol. The van der Waals surface area contributed by atoms with E-state index in [1.807, 2.05) is 33.8 Å². The van der Waals surface area contributed by atoms with Crippen LogP contribution in [0.15, 0.2) is 11.6 Å². The van der Waals surface area contributed by atoms with Gasteiger partial charge in [0.15, 0.2) is 11.9 Å². The zero-order valence-electron chi connectivity index (χ0n) is 50.4. The molecule has 0 amide bonds. The van der Waals surface area contributed by atoms with Gasteiger partial charge in [-0.2, -0.15) is 0 Å². The summed E-state index contributed by atoms with van der Waals surface area (Å²) in [6.45, 7) is 11.6. The first-order valence-corrected chi connectivity index (χ1v) is 31.1. The van der Waals surface area contributed by atoms with E-state index in [0.717, 1.165) is 75.3 Å². The molecule has 1 aliphatic rings. The number of benzene rings is 1. The molecule has 0 bridgehead atoms. The number of allylic oxidation sites excluding steroid dienone is 2. The predicted molar refractivity (Wildman–Crippen MR) is 310 cm³/mol. The molecule has 0 aromatic heterocycles. The monoisotopic (exact) mass is 1100 g/mol. The molecule has 446 valence electrons. The van der Waals surface area contributed by atoms with Crippen LogP contribution >= 0.6 is 0 Å². The van der Waals surface area contributed by atoms with E-state index in [4.69, 9.17) is 33.2 Å². The van der Waals surface area contributed by atoms with E-state index in [-0.39, 0.29) is 55.5 Å². The zero-order chi connectivity index (χ0) is 57.2. The quantitative estimate of drug-likeness (QED) is 0.0199. The fourth-order valence-electron chi connectivity index (χ4n) is 10.1. The van der Waals surface area contributed by atoms with E-state index in [9.17, 15) is 28.8 Å². The lowest BCUT2D eigenvalue weighted by atomic mass is 9.94. The Balaban J connectivity index is 1.85. The second kappa shape index (κ2) is 44.3. The molecule has 0 saturated carbocycles. The first kappa shape index (κ1) is 69.7. The molecule has 78 heavy (non-hydrogen) atoms. The summed E-state index contributed by atoms with van der Waals surface area (Å²) < 4.78 is 39.1. The Kier molecular flexibility index (Phi) is 39.6. The average Bonchev–Trinajstić information content (AvgIpc) is 3.90. The normalized spacial score (nSPS) is 13.0. The lowest BCUT2D eigenvalue weighted by molar-refractivity contribution is -0.169. The third-order valence-corrected chi connectivity index (χ3v) is 15.4. The van der Waals surface area contributed by atoms with Crippen LogP contribution in [0.5, 0.6) is 11.5 Å². The lowest BCUT2D eigenvalue weighted by Gasteiger charge is -2.20. The molecule has 1 aromatic carbocycles. The van der Waals surface area contributed by atoms with Gasteiger partial charge in [0.2, 0.25) is 0 Å². The molecule has 1 aromatic rings. The van der Waals surface area contributed by atoms with Crippen molar-refractivity contribution in [1.82, 2.24) is 0 Å². The number of ether oxygens (including phenoxy) is 7. The van der Waals surface area contributed by atoms with Crippen molar-refractivity contribution in [3.8, 4) is 11.5 Å². The molecule has 1 heterocycles. The van der Waals surface area contributed by atoms with E-state index in [1.54, 1.807) is 7.11 Å². The fraction of sp³-hybridized carbons (Fsp3) is 0.785. The summed E-state index contributed by atoms with van der Waals surface area (Å²) in [6, 6.07) is 0. The topological polar surface area (TPSA) is 167 Å². The SMILES string of the molecule is CCCCCCCCCCCCCCCC(=O)OCC(COC(=O)CCCCCCCCCCCCCCC)OC(=O)C(C)CCCCCCC(C)C(=O)Oc1c(C/C=C(\C)CCC(=O)OC)c(OC)c(C)c2c1C(=O)OC2. The maximum Gasteiger partial charge on any atom is 0.342 e. The van der Waals surface area contributed by atoms with Gasteiger partial charge in [-0.25, -0.2) is 4.79 Å². The van der Waals surface area contributed by atoms with Crippen LogP contribution in [0.4, 0.5) is 0 Å². The summed E-state index contributed by atoms with van der Waals surface area (Å²) in [4.78, 5) is 77.4. The highest BCUT2D eigenvalue weighted by Crippen LogP contribution is 2.43. The minimum atomic E-state index is -0.894. The molecule has 13 nitrogen and oxygen atoms in total. The molecule has 0 radical (unpaired) electrons. The first-order valence-electron chi connectivity index (χ1n) is 31.1. The molecule has 0 fully saturated rings. The van der Waals surface area contributed by atoms with Crippen LogP contribution in [0.3, 0.4) is 0 Å². The minimum Gasteiger partial charge on any atom is -0.496 e. The summed E-state index contributed by atoms with van der Waals surface area (Å²) in [5.74, 6) is -2.64. The number of carbonyl (C=O) groups excluding carboxylic acids is 6. The molecule has 13 heteroatoms. The molecule has 0 spiro atoms. The summed E-state index contributed by atoms with van der Waals surface area (Å²) in [7, 11) is 2.90. The Morgan fingerprint density at radius 3 is 1.40 bits per heavy atom. The highest BCUT2D eigenvalue weighted by Gasteiger charge is 2.35. The minimum absolute atomic E-state index is 0.0612. The van der Waals surface area contributed by atoms with Gasteiger partial charge in [0, 0.05) is 30.4 Å².